The Morgan fingerprint density at radius 3 is 2.47 bits per heavy atom. The molecule has 2 aromatic carbocycles. The summed E-state index contributed by atoms with van der Waals surface area (Å²) in [5.41, 5.74) is 3.15. The summed E-state index contributed by atoms with van der Waals surface area (Å²) in [6.07, 6.45) is 3.83. The average molecular weight is 426 g/mol. The lowest BCUT2D eigenvalue weighted by Crippen LogP contribution is -2.36. The number of fused-ring (bicyclic) bond motifs is 1. The number of carbonyl (C=O) groups is 3. The van der Waals surface area contributed by atoms with Gasteiger partial charge in [0.25, 0.3) is 11.8 Å². The molecule has 0 aromatic heterocycles. The van der Waals surface area contributed by atoms with Crippen molar-refractivity contribution >= 4 is 40.7 Å². The van der Waals surface area contributed by atoms with Gasteiger partial charge in [-0.2, -0.15) is 0 Å². The molecule has 0 spiro atoms. The predicted octanol–water partition coefficient (Wildman–Crippen LogP) is 4.13. The lowest BCUT2D eigenvalue weighted by atomic mass is 10.1. The SMILES string of the molecule is CC(=O)N1CCc2cc(C(=O)Nc3cc(Cl)ccc3C(=O)N3CCCCC3)ccc21. The van der Waals surface area contributed by atoms with Crippen LogP contribution in [0, 0.1) is 0 Å². The standard InChI is InChI=1S/C23H24ClN3O3/c1-15(28)27-12-9-16-13-17(5-8-21(16)27)22(29)25-20-14-18(24)6-7-19(20)23(30)26-10-3-2-4-11-26/h5-8,13-14H,2-4,9-12H2,1H3,(H,25,29). The Labute approximate surface area is 180 Å². The zero-order valence-electron chi connectivity index (χ0n) is 16.9. The van der Waals surface area contributed by atoms with Crippen LogP contribution in [0.15, 0.2) is 36.4 Å². The molecular formula is C23H24ClN3O3. The maximum Gasteiger partial charge on any atom is 0.255 e. The molecule has 0 radical (unpaired) electrons. The number of hydrogen-bond acceptors (Lipinski definition) is 3. The molecule has 3 amide bonds. The maximum absolute atomic E-state index is 13.0. The third kappa shape index (κ3) is 4.05. The summed E-state index contributed by atoms with van der Waals surface area (Å²) in [7, 11) is 0. The number of halogens is 1. The molecule has 4 rings (SSSR count). The Bertz CT molecular complexity index is 1010. The summed E-state index contributed by atoms with van der Waals surface area (Å²) in [6, 6.07) is 10.3. The van der Waals surface area contributed by atoms with E-state index in [0.717, 1.165) is 43.6 Å². The molecule has 2 aliphatic heterocycles. The first-order valence-corrected chi connectivity index (χ1v) is 10.6. The summed E-state index contributed by atoms with van der Waals surface area (Å²) in [5.74, 6) is -0.410. The zero-order chi connectivity index (χ0) is 21.3. The first-order valence-electron chi connectivity index (χ1n) is 10.3. The van der Waals surface area contributed by atoms with Crippen molar-refractivity contribution in [3.63, 3.8) is 0 Å². The van der Waals surface area contributed by atoms with E-state index in [2.05, 4.69) is 5.32 Å². The average Bonchev–Trinajstić information content (AvgIpc) is 3.17. The van der Waals surface area contributed by atoms with Crippen LogP contribution in [-0.4, -0.2) is 42.3 Å². The molecule has 0 saturated carbocycles. The zero-order valence-corrected chi connectivity index (χ0v) is 17.7. The number of amides is 3. The molecule has 2 aromatic rings. The van der Waals surface area contributed by atoms with Gasteiger partial charge in [0.2, 0.25) is 5.91 Å². The molecule has 0 aliphatic carbocycles. The van der Waals surface area contributed by atoms with E-state index in [4.69, 9.17) is 11.6 Å². The second-order valence-corrected chi connectivity index (χ2v) is 8.20. The summed E-state index contributed by atoms with van der Waals surface area (Å²) in [6.45, 7) is 3.62. The number of hydrogen-bond donors (Lipinski definition) is 1. The minimum absolute atomic E-state index is 0.00857. The topological polar surface area (TPSA) is 69.7 Å². The number of likely N-dealkylation sites (tertiary alicyclic amines) is 1. The molecule has 2 aliphatic rings. The van der Waals surface area contributed by atoms with Crippen LogP contribution < -0.4 is 10.2 Å². The lowest BCUT2D eigenvalue weighted by molar-refractivity contribution is -0.116. The Hall–Kier alpha value is -2.86. The number of piperidine rings is 1. The Morgan fingerprint density at radius 1 is 0.967 bits per heavy atom. The van der Waals surface area contributed by atoms with Crippen LogP contribution in [0.1, 0.15) is 52.5 Å². The molecule has 1 fully saturated rings. The fourth-order valence-electron chi connectivity index (χ4n) is 4.14. The van der Waals surface area contributed by atoms with Crippen LogP contribution in [0.3, 0.4) is 0 Å². The Balaban J connectivity index is 1.57. The van der Waals surface area contributed by atoms with Gasteiger partial charge >= 0.3 is 0 Å². The van der Waals surface area contributed by atoms with Gasteiger partial charge in [0.1, 0.15) is 0 Å². The van der Waals surface area contributed by atoms with Gasteiger partial charge in [-0.3, -0.25) is 14.4 Å². The maximum atomic E-state index is 13.0. The normalized spacial score (nSPS) is 15.7. The molecule has 1 saturated heterocycles. The number of carbonyl (C=O) groups excluding carboxylic acids is 3. The number of anilines is 2. The summed E-state index contributed by atoms with van der Waals surface area (Å²) >= 11 is 6.15. The van der Waals surface area contributed by atoms with Crippen molar-refractivity contribution in [2.45, 2.75) is 32.6 Å². The van der Waals surface area contributed by atoms with Gasteiger partial charge in [0.15, 0.2) is 0 Å². The molecule has 2 heterocycles. The van der Waals surface area contributed by atoms with Crippen LogP contribution >= 0.6 is 11.6 Å². The summed E-state index contributed by atoms with van der Waals surface area (Å²) < 4.78 is 0. The Kier molecular flexibility index (Phi) is 5.77. The van der Waals surface area contributed by atoms with Gasteiger partial charge in [-0.05, 0) is 67.6 Å². The van der Waals surface area contributed by atoms with Gasteiger partial charge < -0.3 is 15.1 Å². The van der Waals surface area contributed by atoms with Crippen molar-refractivity contribution in [2.24, 2.45) is 0 Å². The van der Waals surface area contributed by atoms with Crippen molar-refractivity contribution in [2.75, 3.05) is 29.9 Å². The van der Waals surface area contributed by atoms with Gasteiger partial charge in [0.05, 0.1) is 11.3 Å². The smallest absolute Gasteiger partial charge is 0.255 e. The molecule has 7 heteroatoms. The fraction of sp³-hybridized carbons (Fsp3) is 0.348. The minimum Gasteiger partial charge on any atom is -0.339 e. The van der Waals surface area contributed by atoms with E-state index in [1.165, 1.54) is 6.92 Å². The largest absolute Gasteiger partial charge is 0.339 e. The second kappa shape index (κ2) is 8.48. The van der Waals surface area contributed by atoms with Crippen molar-refractivity contribution < 1.29 is 14.4 Å². The number of rotatable bonds is 3. The van der Waals surface area contributed by atoms with Crippen molar-refractivity contribution in [3.8, 4) is 0 Å². The summed E-state index contributed by atoms with van der Waals surface area (Å²) in [4.78, 5) is 41.2. The number of nitrogens with zero attached hydrogens (tertiary/aromatic N) is 2. The van der Waals surface area contributed by atoms with E-state index in [1.807, 2.05) is 11.0 Å². The highest BCUT2D eigenvalue weighted by molar-refractivity contribution is 6.31. The highest BCUT2D eigenvalue weighted by Crippen LogP contribution is 2.30. The lowest BCUT2D eigenvalue weighted by Gasteiger charge is -2.27. The molecule has 0 bridgehead atoms. The molecule has 0 unspecified atom stereocenters. The highest BCUT2D eigenvalue weighted by atomic mass is 35.5. The molecule has 0 atom stereocenters. The van der Waals surface area contributed by atoms with Crippen LogP contribution in [0.2, 0.25) is 5.02 Å². The van der Waals surface area contributed by atoms with Gasteiger partial charge in [-0.1, -0.05) is 11.6 Å². The van der Waals surface area contributed by atoms with Crippen molar-refractivity contribution in [3.05, 3.63) is 58.1 Å². The van der Waals surface area contributed by atoms with Crippen LogP contribution in [0.5, 0.6) is 0 Å². The van der Waals surface area contributed by atoms with Gasteiger partial charge in [-0.25, -0.2) is 0 Å². The van der Waals surface area contributed by atoms with Crippen LogP contribution in [-0.2, 0) is 11.2 Å². The van der Waals surface area contributed by atoms with E-state index < -0.39 is 0 Å². The monoisotopic (exact) mass is 425 g/mol. The predicted molar refractivity (Wildman–Crippen MR) is 117 cm³/mol. The second-order valence-electron chi connectivity index (χ2n) is 7.76. The van der Waals surface area contributed by atoms with Crippen LogP contribution in [0.25, 0.3) is 0 Å². The first-order chi connectivity index (χ1) is 14.4. The Morgan fingerprint density at radius 2 is 1.73 bits per heavy atom. The molecule has 1 N–H and O–H groups in total. The quantitative estimate of drug-likeness (QED) is 0.803. The van der Waals surface area contributed by atoms with E-state index >= 15 is 0 Å². The van der Waals surface area contributed by atoms with Crippen molar-refractivity contribution in [1.29, 1.82) is 0 Å². The molecule has 156 valence electrons. The first kappa shape index (κ1) is 20.4. The molecule has 30 heavy (non-hydrogen) atoms. The molecule has 6 nitrogen and oxygen atoms in total. The third-order valence-electron chi connectivity index (χ3n) is 5.72. The summed E-state index contributed by atoms with van der Waals surface area (Å²) in [5, 5.41) is 3.31. The van der Waals surface area contributed by atoms with Gasteiger partial charge in [0, 0.05) is 42.8 Å². The minimum atomic E-state index is -0.311. The fourth-order valence-corrected chi connectivity index (χ4v) is 4.31. The van der Waals surface area contributed by atoms with E-state index in [0.29, 0.717) is 34.8 Å². The number of nitrogens with one attached hydrogen (secondary N) is 1. The highest BCUT2D eigenvalue weighted by Gasteiger charge is 2.25. The molecular weight excluding hydrogens is 402 g/mol. The van der Waals surface area contributed by atoms with E-state index in [-0.39, 0.29) is 17.7 Å². The van der Waals surface area contributed by atoms with Crippen molar-refractivity contribution in [1.82, 2.24) is 4.90 Å². The van der Waals surface area contributed by atoms with E-state index in [9.17, 15) is 14.4 Å². The number of benzene rings is 2. The third-order valence-corrected chi connectivity index (χ3v) is 5.96. The van der Waals surface area contributed by atoms with Crippen LogP contribution in [0.4, 0.5) is 11.4 Å². The van der Waals surface area contributed by atoms with E-state index in [1.54, 1.807) is 35.2 Å². The van der Waals surface area contributed by atoms with Gasteiger partial charge in [-0.15, -0.1) is 0 Å².